The molecule has 0 N–H and O–H groups in total. The third-order valence-corrected chi connectivity index (χ3v) is 1.86. The molecule has 0 aromatic heterocycles. The third-order valence-electron chi connectivity index (χ3n) is 1.86. The van der Waals surface area contributed by atoms with Crippen molar-refractivity contribution < 1.29 is 23.1 Å². The summed E-state index contributed by atoms with van der Waals surface area (Å²) >= 11 is 0. The number of rotatable bonds is 2. The summed E-state index contributed by atoms with van der Waals surface area (Å²) in [6.45, 7) is 4.85. The van der Waals surface area contributed by atoms with Crippen LogP contribution in [-0.2, 0) is 4.74 Å². The molecule has 0 spiro atoms. The topological polar surface area (TPSA) is 43.4 Å². The number of esters is 1. The Morgan fingerprint density at radius 2 is 1.88 bits per heavy atom. The molecule has 0 fully saturated rings. The summed E-state index contributed by atoms with van der Waals surface area (Å²) < 4.78 is 31.5. The highest BCUT2D eigenvalue weighted by Crippen LogP contribution is 2.18. The smallest absolute Gasteiger partial charge is 0.341 e. The Labute approximate surface area is 97.4 Å². The van der Waals surface area contributed by atoms with E-state index in [-0.39, 0.29) is 6.29 Å². The van der Waals surface area contributed by atoms with Crippen LogP contribution in [0.3, 0.4) is 0 Å². The standard InChI is InChI=1S/C12H12F2O3/c1-12(2,3)17-11(16)7-4-5-9(13)8(6-15)10(7)14/h4-6H,1-3H3. The first-order valence-electron chi connectivity index (χ1n) is 4.93. The lowest BCUT2D eigenvalue weighted by molar-refractivity contribution is 0.00646. The first kappa shape index (κ1) is 13.3. The van der Waals surface area contributed by atoms with Crippen molar-refractivity contribution in [2.45, 2.75) is 26.4 Å². The fourth-order valence-corrected chi connectivity index (χ4v) is 1.17. The maximum atomic E-state index is 13.6. The Morgan fingerprint density at radius 1 is 1.29 bits per heavy atom. The van der Waals surface area contributed by atoms with E-state index in [2.05, 4.69) is 0 Å². The van der Waals surface area contributed by atoms with E-state index < -0.39 is 34.3 Å². The van der Waals surface area contributed by atoms with Crippen molar-refractivity contribution in [1.29, 1.82) is 0 Å². The highest BCUT2D eigenvalue weighted by Gasteiger charge is 2.23. The van der Waals surface area contributed by atoms with Crippen molar-refractivity contribution in [2.75, 3.05) is 0 Å². The summed E-state index contributed by atoms with van der Waals surface area (Å²) in [5, 5.41) is 0. The van der Waals surface area contributed by atoms with Crippen molar-refractivity contribution in [3.05, 3.63) is 34.9 Å². The molecule has 0 aliphatic carbocycles. The zero-order valence-electron chi connectivity index (χ0n) is 9.71. The number of ether oxygens (including phenoxy) is 1. The molecule has 0 bridgehead atoms. The lowest BCUT2D eigenvalue weighted by Gasteiger charge is -2.19. The Balaban J connectivity index is 3.16. The van der Waals surface area contributed by atoms with Gasteiger partial charge in [-0.1, -0.05) is 0 Å². The van der Waals surface area contributed by atoms with Crippen LogP contribution in [0.1, 0.15) is 41.5 Å². The number of hydrogen-bond donors (Lipinski definition) is 0. The zero-order valence-corrected chi connectivity index (χ0v) is 9.71. The van der Waals surface area contributed by atoms with E-state index in [1.165, 1.54) is 0 Å². The van der Waals surface area contributed by atoms with Gasteiger partial charge in [-0.2, -0.15) is 0 Å². The summed E-state index contributed by atoms with van der Waals surface area (Å²) in [6.07, 6.45) is 0.0263. The second-order valence-electron chi connectivity index (χ2n) is 4.44. The fraction of sp³-hybridized carbons (Fsp3) is 0.333. The molecular weight excluding hydrogens is 230 g/mol. The predicted molar refractivity (Wildman–Crippen MR) is 56.9 cm³/mol. The normalized spacial score (nSPS) is 11.1. The Morgan fingerprint density at radius 3 is 2.35 bits per heavy atom. The Kier molecular flexibility index (Phi) is 3.60. The van der Waals surface area contributed by atoms with Gasteiger partial charge in [-0.05, 0) is 32.9 Å². The molecule has 5 heteroatoms. The number of aldehydes is 1. The molecule has 0 radical (unpaired) electrons. The molecule has 92 valence electrons. The first-order valence-corrected chi connectivity index (χ1v) is 4.93. The third kappa shape index (κ3) is 3.09. The second kappa shape index (κ2) is 4.61. The highest BCUT2D eigenvalue weighted by atomic mass is 19.1. The van der Waals surface area contributed by atoms with E-state index in [1.807, 2.05) is 0 Å². The van der Waals surface area contributed by atoms with Gasteiger partial charge in [0.1, 0.15) is 11.4 Å². The van der Waals surface area contributed by atoms with Crippen molar-refractivity contribution in [1.82, 2.24) is 0 Å². The minimum Gasteiger partial charge on any atom is -0.456 e. The van der Waals surface area contributed by atoms with E-state index in [9.17, 15) is 18.4 Å². The van der Waals surface area contributed by atoms with Crippen LogP contribution in [0.4, 0.5) is 8.78 Å². The van der Waals surface area contributed by atoms with Gasteiger partial charge >= 0.3 is 5.97 Å². The Hall–Kier alpha value is -1.78. The lowest BCUT2D eigenvalue weighted by atomic mass is 10.1. The minimum absolute atomic E-state index is 0.0263. The van der Waals surface area contributed by atoms with Crippen molar-refractivity contribution in [3.8, 4) is 0 Å². The number of benzene rings is 1. The number of hydrogen-bond acceptors (Lipinski definition) is 3. The van der Waals surface area contributed by atoms with Gasteiger partial charge in [-0.15, -0.1) is 0 Å². The summed E-state index contributed by atoms with van der Waals surface area (Å²) in [7, 11) is 0. The van der Waals surface area contributed by atoms with E-state index in [4.69, 9.17) is 4.74 Å². The quantitative estimate of drug-likeness (QED) is 0.591. The van der Waals surface area contributed by atoms with Crippen LogP contribution in [0.5, 0.6) is 0 Å². The zero-order chi connectivity index (χ0) is 13.2. The van der Waals surface area contributed by atoms with E-state index in [0.29, 0.717) is 0 Å². The monoisotopic (exact) mass is 242 g/mol. The molecule has 0 aliphatic heterocycles. The summed E-state index contributed by atoms with van der Waals surface area (Å²) in [5.41, 5.74) is -2.02. The van der Waals surface area contributed by atoms with Gasteiger partial charge in [0.05, 0.1) is 11.1 Å². The van der Waals surface area contributed by atoms with Crippen molar-refractivity contribution in [3.63, 3.8) is 0 Å². The van der Waals surface area contributed by atoms with Crippen LogP contribution in [0, 0.1) is 11.6 Å². The van der Waals surface area contributed by atoms with Gasteiger partial charge in [-0.25, -0.2) is 13.6 Å². The molecule has 0 atom stereocenters. The van der Waals surface area contributed by atoms with Crippen LogP contribution >= 0.6 is 0 Å². The molecular formula is C12H12F2O3. The average Bonchev–Trinajstić information content (AvgIpc) is 2.15. The van der Waals surface area contributed by atoms with Gasteiger partial charge in [0.25, 0.3) is 0 Å². The molecule has 0 unspecified atom stereocenters. The summed E-state index contributed by atoms with van der Waals surface area (Å²) in [4.78, 5) is 22.0. The van der Waals surface area contributed by atoms with Crippen LogP contribution in [-0.4, -0.2) is 17.9 Å². The minimum atomic E-state index is -1.20. The maximum Gasteiger partial charge on any atom is 0.341 e. The summed E-state index contributed by atoms with van der Waals surface area (Å²) in [6, 6.07) is 1.80. The van der Waals surface area contributed by atoms with Crippen LogP contribution in [0.15, 0.2) is 12.1 Å². The lowest BCUT2D eigenvalue weighted by Crippen LogP contribution is -2.24. The number of carbonyl (C=O) groups is 2. The average molecular weight is 242 g/mol. The number of halogens is 2. The SMILES string of the molecule is CC(C)(C)OC(=O)c1ccc(F)c(C=O)c1F. The first-order chi connectivity index (χ1) is 7.76. The molecule has 1 rings (SSSR count). The van der Waals surface area contributed by atoms with Crippen LogP contribution in [0.25, 0.3) is 0 Å². The van der Waals surface area contributed by atoms with Crippen molar-refractivity contribution in [2.24, 2.45) is 0 Å². The molecule has 17 heavy (non-hydrogen) atoms. The highest BCUT2D eigenvalue weighted by molar-refractivity contribution is 5.92. The molecule has 1 aromatic rings. The summed E-state index contributed by atoms with van der Waals surface area (Å²) in [5.74, 6) is -3.14. The van der Waals surface area contributed by atoms with E-state index >= 15 is 0 Å². The number of carbonyl (C=O) groups excluding carboxylic acids is 2. The molecule has 0 aliphatic rings. The van der Waals surface area contributed by atoms with E-state index in [0.717, 1.165) is 12.1 Å². The molecule has 1 aromatic carbocycles. The second-order valence-corrected chi connectivity index (χ2v) is 4.44. The molecule has 0 heterocycles. The largest absolute Gasteiger partial charge is 0.456 e. The van der Waals surface area contributed by atoms with Crippen LogP contribution < -0.4 is 0 Å². The van der Waals surface area contributed by atoms with Crippen LogP contribution in [0.2, 0.25) is 0 Å². The van der Waals surface area contributed by atoms with Crippen molar-refractivity contribution >= 4 is 12.3 Å². The van der Waals surface area contributed by atoms with Gasteiger partial charge in [0, 0.05) is 0 Å². The van der Waals surface area contributed by atoms with Gasteiger partial charge in [0.15, 0.2) is 12.1 Å². The molecule has 0 saturated heterocycles. The predicted octanol–water partition coefficient (Wildman–Crippen LogP) is 2.73. The molecule has 3 nitrogen and oxygen atoms in total. The van der Waals surface area contributed by atoms with Gasteiger partial charge in [-0.3, -0.25) is 4.79 Å². The molecule has 0 amide bonds. The van der Waals surface area contributed by atoms with Gasteiger partial charge < -0.3 is 4.74 Å². The van der Waals surface area contributed by atoms with Gasteiger partial charge in [0.2, 0.25) is 0 Å². The van der Waals surface area contributed by atoms with E-state index in [1.54, 1.807) is 20.8 Å². The Bertz CT molecular complexity index is 462. The fourth-order valence-electron chi connectivity index (χ4n) is 1.17. The molecule has 0 saturated carbocycles. The maximum absolute atomic E-state index is 13.6.